The summed E-state index contributed by atoms with van der Waals surface area (Å²) >= 11 is 0. The Morgan fingerprint density at radius 2 is 0.877 bits per heavy atom. The highest BCUT2D eigenvalue weighted by molar-refractivity contribution is 5.88. The van der Waals surface area contributed by atoms with E-state index in [9.17, 15) is 0 Å². The van der Waals surface area contributed by atoms with Gasteiger partial charge < -0.3 is 28.4 Å². The molecule has 6 nitrogen and oxygen atoms in total. The first-order valence-electron chi connectivity index (χ1n) is 19.6. The van der Waals surface area contributed by atoms with Gasteiger partial charge in [0.1, 0.15) is 36.9 Å². The fourth-order valence-electron chi connectivity index (χ4n) is 7.82. The minimum absolute atomic E-state index is 0.0797. The molecule has 0 spiro atoms. The van der Waals surface area contributed by atoms with Crippen LogP contribution in [0.4, 0.5) is 0 Å². The monoisotopic (exact) mass is 758 g/mol. The molecule has 6 aromatic rings. The van der Waals surface area contributed by atoms with Crippen LogP contribution in [0.3, 0.4) is 0 Å². The third kappa shape index (κ3) is 8.53. The SMILES string of the molecule is C=COC(C)COCCOc1ccc(C2(c3ccc(OCCOCC(C)OC=C)c(-c4ccccc4)c3)c3ccccc3-c3ccccc32)cc1-c1ccccc1. The summed E-state index contributed by atoms with van der Waals surface area (Å²) in [5, 5.41) is 0. The lowest BCUT2D eigenvalue weighted by Crippen LogP contribution is -2.29. The fourth-order valence-corrected chi connectivity index (χ4v) is 7.82. The van der Waals surface area contributed by atoms with Crippen LogP contribution in [-0.2, 0) is 24.4 Å². The lowest BCUT2D eigenvalue weighted by Gasteiger charge is -2.35. The Bertz CT molecular complexity index is 2090. The molecule has 0 N–H and O–H groups in total. The molecule has 6 heteroatoms. The lowest BCUT2D eigenvalue weighted by atomic mass is 9.67. The lowest BCUT2D eigenvalue weighted by molar-refractivity contribution is 0.0255. The average Bonchev–Trinajstić information content (AvgIpc) is 3.55. The van der Waals surface area contributed by atoms with Crippen LogP contribution < -0.4 is 9.47 Å². The van der Waals surface area contributed by atoms with E-state index in [1.165, 1.54) is 34.8 Å². The summed E-state index contributed by atoms with van der Waals surface area (Å²) in [6.45, 7) is 13.7. The van der Waals surface area contributed by atoms with Gasteiger partial charge in [-0.15, -0.1) is 0 Å². The molecule has 0 aliphatic heterocycles. The average molecular weight is 759 g/mol. The van der Waals surface area contributed by atoms with Crippen molar-refractivity contribution in [3.8, 4) is 44.9 Å². The topological polar surface area (TPSA) is 55.4 Å². The minimum Gasteiger partial charge on any atom is -0.497 e. The van der Waals surface area contributed by atoms with E-state index in [1.807, 2.05) is 26.0 Å². The second-order valence-electron chi connectivity index (χ2n) is 14.1. The smallest absolute Gasteiger partial charge is 0.127 e. The Morgan fingerprint density at radius 1 is 0.474 bits per heavy atom. The van der Waals surface area contributed by atoms with E-state index in [-0.39, 0.29) is 12.2 Å². The van der Waals surface area contributed by atoms with Gasteiger partial charge in [-0.05, 0) is 82.6 Å². The van der Waals surface area contributed by atoms with Crippen molar-refractivity contribution < 1.29 is 28.4 Å². The molecule has 0 aromatic heterocycles. The van der Waals surface area contributed by atoms with Crippen LogP contribution >= 0.6 is 0 Å². The standard InChI is InChI=1S/C51H50O6/c1-5-54-37(3)35-52-29-31-56-49-27-25-41(33-45(49)39-17-9-7-10-18-39)51(47-23-15-13-21-43(47)44-22-14-16-24-48(44)51)42-26-28-50(46(34-42)40-19-11-8-12-20-40)57-32-30-53-36-38(4)55-6-2/h5-28,33-34,37-38H,1-2,29-32,35-36H2,3-4H3. The predicted molar refractivity (Wildman–Crippen MR) is 229 cm³/mol. The van der Waals surface area contributed by atoms with Crippen molar-refractivity contribution in [2.24, 2.45) is 0 Å². The van der Waals surface area contributed by atoms with E-state index in [0.717, 1.165) is 44.9 Å². The maximum Gasteiger partial charge on any atom is 0.127 e. The van der Waals surface area contributed by atoms with Gasteiger partial charge in [-0.3, -0.25) is 0 Å². The minimum atomic E-state index is -0.661. The molecular weight excluding hydrogens is 709 g/mol. The molecule has 290 valence electrons. The molecule has 0 bridgehead atoms. The van der Waals surface area contributed by atoms with Crippen molar-refractivity contribution in [2.45, 2.75) is 31.5 Å². The molecule has 0 saturated heterocycles. The summed E-state index contributed by atoms with van der Waals surface area (Å²) in [5.41, 5.74) is 10.6. The summed E-state index contributed by atoms with van der Waals surface area (Å²) < 4.78 is 35.5. The van der Waals surface area contributed by atoms with E-state index in [4.69, 9.17) is 28.4 Å². The van der Waals surface area contributed by atoms with Gasteiger partial charge in [0.05, 0.1) is 44.4 Å². The van der Waals surface area contributed by atoms with Gasteiger partial charge in [-0.2, -0.15) is 0 Å². The highest BCUT2D eigenvalue weighted by Crippen LogP contribution is 2.57. The van der Waals surface area contributed by atoms with Gasteiger partial charge >= 0.3 is 0 Å². The summed E-state index contributed by atoms with van der Waals surface area (Å²) in [4.78, 5) is 0. The van der Waals surface area contributed by atoms with Crippen molar-refractivity contribution >= 4 is 0 Å². The first-order chi connectivity index (χ1) is 28.0. The molecule has 0 heterocycles. The third-order valence-electron chi connectivity index (χ3n) is 10.3. The second-order valence-corrected chi connectivity index (χ2v) is 14.1. The molecule has 1 aliphatic carbocycles. The van der Waals surface area contributed by atoms with Crippen molar-refractivity contribution in [3.63, 3.8) is 0 Å². The Kier molecular flexibility index (Phi) is 12.9. The van der Waals surface area contributed by atoms with Gasteiger partial charge in [0.2, 0.25) is 0 Å². The number of rotatable bonds is 20. The molecule has 2 unspecified atom stereocenters. The Hall–Kier alpha value is -6.08. The normalized spacial score (nSPS) is 13.4. The first-order valence-corrected chi connectivity index (χ1v) is 19.6. The van der Waals surface area contributed by atoms with E-state index in [0.29, 0.717) is 39.6 Å². The van der Waals surface area contributed by atoms with Crippen LogP contribution in [0.1, 0.15) is 36.1 Å². The summed E-state index contributed by atoms with van der Waals surface area (Å²) in [6, 6.07) is 51.8. The van der Waals surface area contributed by atoms with Crippen LogP contribution in [-0.4, -0.2) is 51.8 Å². The van der Waals surface area contributed by atoms with Crippen molar-refractivity contribution in [3.05, 3.63) is 194 Å². The van der Waals surface area contributed by atoms with E-state index in [1.54, 1.807) is 0 Å². The first kappa shape index (κ1) is 39.2. The highest BCUT2D eigenvalue weighted by atomic mass is 16.6. The van der Waals surface area contributed by atoms with E-state index >= 15 is 0 Å². The Balaban J connectivity index is 1.33. The van der Waals surface area contributed by atoms with Crippen LogP contribution in [0.15, 0.2) is 171 Å². The van der Waals surface area contributed by atoms with Crippen molar-refractivity contribution in [1.82, 2.24) is 0 Å². The number of hydrogen-bond acceptors (Lipinski definition) is 6. The van der Waals surface area contributed by atoms with Crippen LogP contribution in [0.25, 0.3) is 33.4 Å². The highest BCUT2D eigenvalue weighted by Gasteiger charge is 2.46. The summed E-state index contributed by atoms with van der Waals surface area (Å²) in [7, 11) is 0. The molecule has 6 aromatic carbocycles. The number of ether oxygens (including phenoxy) is 6. The summed E-state index contributed by atoms with van der Waals surface area (Å²) in [5.74, 6) is 1.58. The number of hydrogen-bond donors (Lipinski definition) is 0. The van der Waals surface area contributed by atoms with Gasteiger partial charge in [0, 0.05) is 11.1 Å². The maximum absolute atomic E-state index is 6.48. The Labute approximate surface area is 336 Å². The largest absolute Gasteiger partial charge is 0.497 e. The number of benzene rings is 6. The summed E-state index contributed by atoms with van der Waals surface area (Å²) in [6.07, 6.45) is 2.73. The molecule has 0 amide bonds. The van der Waals surface area contributed by atoms with E-state index < -0.39 is 5.41 Å². The van der Waals surface area contributed by atoms with Gasteiger partial charge in [-0.25, -0.2) is 0 Å². The fraction of sp³-hybridized carbons (Fsp3) is 0.216. The van der Waals surface area contributed by atoms with E-state index in [2.05, 4.69) is 147 Å². The zero-order chi connectivity index (χ0) is 39.5. The zero-order valence-electron chi connectivity index (χ0n) is 32.8. The zero-order valence-corrected chi connectivity index (χ0v) is 32.8. The molecule has 7 rings (SSSR count). The molecule has 0 fully saturated rings. The van der Waals surface area contributed by atoms with Crippen molar-refractivity contribution in [2.75, 3.05) is 39.6 Å². The van der Waals surface area contributed by atoms with Crippen LogP contribution in [0, 0.1) is 0 Å². The molecule has 2 atom stereocenters. The second kappa shape index (κ2) is 18.7. The predicted octanol–water partition coefficient (Wildman–Crippen LogP) is 11.3. The quantitative estimate of drug-likeness (QED) is 0.0570. The van der Waals surface area contributed by atoms with Gasteiger partial charge in [-0.1, -0.05) is 134 Å². The molecule has 0 radical (unpaired) electrons. The molecule has 57 heavy (non-hydrogen) atoms. The van der Waals surface area contributed by atoms with Crippen molar-refractivity contribution in [1.29, 1.82) is 0 Å². The van der Waals surface area contributed by atoms with Crippen LogP contribution in [0.2, 0.25) is 0 Å². The molecule has 0 saturated carbocycles. The third-order valence-corrected chi connectivity index (χ3v) is 10.3. The van der Waals surface area contributed by atoms with Gasteiger partial charge in [0.15, 0.2) is 0 Å². The Morgan fingerprint density at radius 3 is 1.30 bits per heavy atom. The number of fused-ring (bicyclic) bond motifs is 3. The van der Waals surface area contributed by atoms with Crippen LogP contribution in [0.5, 0.6) is 11.5 Å². The maximum atomic E-state index is 6.48. The molecular formula is C51H50O6. The van der Waals surface area contributed by atoms with Gasteiger partial charge in [0.25, 0.3) is 0 Å². The molecule has 1 aliphatic rings.